The summed E-state index contributed by atoms with van der Waals surface area (Å²) in [5.41, 5.74) is -0.290. The molecule has 1 aliphatic heterocycles. The first-order chi connectivity index (χ1) is 20.3. The molecule has 5 rings (SSSR count). The third-order valence-corrected chi connectivity index (χ3v) is 10.5. The predicted molar refractivity (Wildman–Crippen MR) is 157 cm³/mol. The number of hydrogen-bond acceptors (Lipinski definition) is 7. The van der Waals surface area contributed by atoms with Crippen molar-refractivity contribution in [2.45, 2.75) is 56.1 Å². The SMILES string of the molecule is CC.CC(O)(c1cncn1Cc1ccc(F)cc1)C1CCN(S(=O)(=O)c2cnc(Nc3ccc(C(F)(F)F)cc3)s2)CC1. The number of imidazole rings is 1. The molecule has 2 aromatic carbocycles. The molecule has 3 heterocycles. The van der Waals surface area contributed by atoms with Crippen LogP contribution in [0.3, 0.4) is 0 Å². The highest BCUT2D eigenvalue weighted by atomic mass is 32.2. The van der Waals surface area contributed by atoms with Gasteiger partial charge in [0.2, 0.25) is 0 Å². The maximum atomic E-state index is 13.3. The van der Waals surface area contributed by atoms with Crippen LogP contribution in [0.5, 0.6) is 0 Å². The minimum absolute atomic E-state index is 0.00879. The van der Waals surface area contributed by atoms with E-state index in [1.165, 1.54) is 34.8 Å². The van der Waals surface area contributed by atoms with E-state index in [0.29, 0.717) is 30.8 Å². The van der Waals surface area contributed by atoms with Crippen molar-refractivity contribution in [3.8, 4) is 0 Å². The zero-order valence-corrected chi connectivity index (χ0v) is 25.5. The molecule has 0 saturated carbocycles. The van der Waals surface area contributed by atoms with Crippen LogP contribution in [0.1, 0.15) is 50.4 Å². The number of rotatable bonds is 8. The highest BCUT2D eigenvalue weighted by molar-refractivity contribution is 7.91. The number of halogens is 4. The minimum Gasteiger partial charge on any atom is -0.384 e. The summed E-state index contributed by atoms with van der Waals surface area (Å²) in [6, 6.07) is 10.4. The van der Waals surface area contributed by atoms with Crippen molar-refractivity contribution in [2.75, 3.05) is 18.4 Å². The average Bonchev–Trinajstić information content (AvgIpc) is 3.66. The zero-order valence-electron chi connectivity index (χ0n) is 23.8. The third-order valence-electron chi connectivity index (χ3n) is 7.29. The van der Waals surface area contributed by atoms with Gasteiger partial charge in [-0.15, -0.1) is 0 Å². The Hall–Kier alpha value is -3.33. The summed E-state index contributed by atoms with van der Waals surface area (Å²) >= 11 is 0.888. The van der Waals surface area contributed by atoms with E-state index in [2.05, 4.69) is 15.3 Å². The Morgan fingerprint density at radius 1 is 1.02 bits per heavy atom. The summed E-state index contributed by atoms with van der Waals surface area (Å²) in [4.78, 5) is 8.29. The van der Waals surface area contributed by atoms with Gasteiger partial charge in [0.15, 0.2) is 9.34 Å². The van der Waals surface area contributed by atoms with Gasteiger partial charge in [-0.2, -0.15) is 17.5 Å². The fraction of sp³-hybridized carbons (Fsp3) is 0.379. The number of thiazole rings is 1. The number of sulfonamides is 1. The van der Waals surface area contributed by atoms with Gasteiger partial charge < -0.3 is 15.0 Å². The normalized spacial score (nSPS) is 16.3. The fourth-order valence-corrected chi connectivity index (χ4v) is 7.63. The molecule has 0 radical (unpaired) electrons. The van der Waals surface area contributed by atoms with Crippen LogP contribution in [-0.2, 0) is 28.3 Å². The van der Waals surface area contributed by atoms with E-state index < -0.39 is 27.4 Å². The lowest BCUT2D eigenvalue weighted by molar-refractivity contribution is -0.137. The number of nitrogens with one attached hydrogen (secondary N) is 1. The van der Waals surface area contributed by atoms with Crippen LogP contribution in [0.4, 0.5) is 28.4 Å². The van der Waals surface area contributed by atoms with Crippen LogP contribution in [0, 0.1) is 11.7 Å². The van der Waals surface area contributed by atoms with E-state index in [9.17, 15) is 31.1 Å². The molecule has 4 aromatic rings. The Labute approximate surface area is 252 Å². The molecule has 1 fully saturated rings. The predicted octanol–water partition coefficient (Wildman–Crippen LogP) is 6.62. The van der Waals surface area contributed by atoms with E-state index in [0.717, 1.165) is 29.0 Å². The van der Waals surface area contributed by atoms with Crippen LogP contribution >= 0.6 is 11.3 Å². The van der Waals surface area contributed by atoms with Crippen LogP contribution < -0.4 is 5.32 Å². The first kappa shape index (κ1) is 32.6. The van der Waals surface area contributed by atoms with Crippen LogP contribution in [0.15, 0.2) is 71.5 Å². The monoisotopic (exact) mass is 639 g/mol. The molecule has 8 nitrogen and oxygen atoms in total. The maximum absolute atomic E-state index is 13.3. The summed E-state index contributed by atoms with van der Waals surface area (Å²) in [5, 5.41) is 14.6. The van der Waals surface area contributed by atoms with Crippen molar-refractivity contribution in [1.82, 2.24) is 18.8 Å². The first-order valence-corrected chi connectivity index (χ1v) is 16.0. The van der Waals surface area contributed by atoms with E-state index in [1.54, 1.807) is 36.1 Å². The average molecular weight is 640 g/mol. The minimum atomic E-state index is -4.45. The summed E-state index contributed by atoms with van der Waals surface area (Å²) in [6.45, 7) is 6.47. The van der Waals surface area contributed by atoms with Gasteiger partial charge in [-0.1, -0.05) is 37.3 Å². The van der Waals surface area contributed by atoms with Crippen LogP contribution in [-0.4, -0.2) is 45.5 Å². The van der Waals surface area contributed by atoms with Crippen molar-refractivity contribution in [2.24, 2.45) is 5.92 Å². The molecule has 0 spiro atoms. The van der Waals surface area contributed by atoms with Gasteiger partial charge in [-0.05, 0) is 67.6 Å². The number of aliphatic hydroxyl groups is 1. The molecule has 232 valence electrons. The first-order valence-electron chi connectivity index (χ1n) is 13.7. The van der Waals surface area contributed by atoms with E-state index in [4.69, 9.17) is 0 Å². The number of benzene rings is 2. The van der Waals surface area contributed by atoms with Crippen LogP contribution in [0.25, 0.3) is 0 Å². The Balaban J connectivity index is 0.00000207. The lowest BCUT2D eigenvalue weighted by Gasteiger charge is -2.39. The molecule has 1 atom stereocenters. The molecule has 14 heteroatoms. The third kappa shape index (κ3) is 7.43. The highest BCUT2D eigenvalue weighted by Crippen LogP contribution is 2.38. The van der Waals surface area contributed by atoms with Gasteiger partial charge in [0.05, 0.1) is 30.0 Å². The van der Waals surface area contributed by atoms with E-state index in [-0.39, 0.29) is 34.2 Å². The molecule has 1 saturated heterocycles. The van der Waals surface area contributed by atoms with Gasteiger partial charge in [-0.25, -0.2) is 22.8 Å². The highest BCUT2D eigenvalue weighted by Gasteiger charge is 2.41. The van der Waals surface area contributed by atoms with E-state index >= 15 is 0 Å². The summed E-state index contributed by atoms with van der Waals surface area (Å²) in [7, 11) is -3.86. The van der Waals surface area contributed by atoms with Crippen LogP contribution in [0.2, 0.25) is 0 Å². The lowest BCUT2D eigenvalue weighted by atomic mass is 9.80. The second-order valence-electron chi connectivity index (χ2n) is 10.0. The lowest BCUT2D eigenvalue weighted by Crippen LogP contribution is -2.44. The largest absolute Gasteiger partial charge is 0.416 e. The molecular weight excluding hydrogens is 606 g/mol. The van der Waals surface area contributed by atoms with Crippen molar-refractivity contribution >= 4 is 32.2 Å². The number of piperidine rings is 1. The molecule has 0 bridgehead atoms. The van der Waals surface area contributed by atoms with Crippen molar-refractivity contribution < 1.29 is 31.1 Å². The Morgan fingerprint density at radius 2 is 1.65 bits per heavy atom. The number of hydrogen-bond donors (Lipinski definition) is 2. The molecule has 1 unspecified atom stereocenters. The molecule has 2 N–H and O–H groups in total. The topological polar surface area (TPSA) is 100 Å². The smallest absolute Gasteiger partial charge is 0.384 e. The van der Waals surface area contributed by atoms with Gasteiger partial charge in [0, 0.05) is 25.3 Å². The second-order valence-corrected chi connectivity index (χ2v) is 13.2. The summed E-state index contributed by atoms with van der Waals surface area (Å²) in [6.07, 6.45) is 0.782. The van der Waals surface area contributed by atoms with Gasteiger partial charge in [0.1, 0.15) is 11.4 Å². The summed E-state index contributed by atoms with van der Waals surface area (Å²) in [5.74, 6) is -0.575. The van der Waals surface area contributed by atoms with Gasteiger partial charge in [-0.3, -0.25) is 0 Å². The van der Waals surface area contributed by atoms with Gasteiger partial charge >= 0.3 is 6.18 Å². The Morgan fingerprint density at radius 3 is 2.26 bits per heavy atom. The number of aromatic nitrogens is 3. The zero-order chi connectivity index (χ0) is 31.4. The van der Waals surface area contributed by atoms with Gasteiger partial charge in [0.25, 0.3) is 10.0 Å². The molecule has 43 heavy (non-hydrogen) atoms. The molecule has 1 aliphatic rings. The quantitative estimate of drug-likeness (QED) is 0.210. The Bertz CT molecular complexity index is 1590. The number of alkyl halides is 3. The molecule has 0 amide bonds. The van der Waals surface area contributed by atoms with E-state index in [1.807, 2.05) is 13.8 Å². The summed E-state index contributed by atoms with van der Waals surface area (Å²) < 4.78 is 81.5. The molecule has 2 aromatic heterocycles. The molecule has 0 aliphatic carbocycles. The second kappa shape index (κ2) is 13.1. The van der Waals surface area contributed by atoms with Crippen molar-refractivity contribution in [3.63, 3.8) is 0 Å². The standard InChI is InChI=1S/C27H27F4N5O3S2.C2H6/c1-26(37,23-14-32-17-35(23)16-18-2-6-21(28)7-3-18)19-10-12-36(13-11-19)41(38,39)24-15-33-25(40-24)34-22-8-4-20(5-9-22)27(29,30)31;1-2/h2-9,14-15,17,19,37H,10-13,16H2,1H3,(H,33,34);1-2H3. The fourth-order valence-electron chi connectivity index (χ4n) is 4.95. The number of nitrogens with zero attached hydrogens (tertiary/aromatic N) is 4. The van der Waals surface area contributed by atoms with Crippen molar-refractivity contribution in [1.29, 1.82) is 0 Å². The Kier molecular flexibility index (Phi) is 9.94. The molecular formula is C29H33F4N5O3S2. The number of anilines is 2. The maximum Gasteiger partial charge on any atom is 0.416 e. The van der Waals surface area contributed by atoms with Crippen molar-refractivity contribution in [3.05, 3.63) is 89.9 Å².